The van der Waals surface area contributed by atoms with Gasteiger partial charge in [-0.2, -0.15) is 0 Å². The molecular weight excluding hydrogens is 370 g/mol. The summed E-state index contributed by atoms with van der Waals surface area (Å²) >= 11 is 9.08. The Morgan fingerprint density at radius 3 is 2.60 bits per heavy atom. The van der Waals surface area contributed by atoms with E-state index in [0.29, 0.717) is 10.9 Å². The van der Waals surface area contributed by atoms with Crippen LogP contribution in [0.3, 0.4) is 0 Å². The van der Waals surface area contributed by atoms with Gasteiger partial charge in [-0.15, -0.1) is 0 Å². The van der Waals surface area contributed by atoms with Crippen molar-refractivity contribution in [1.82, 2.24) is 4.72 Å². The van der Waals surface area contributed by atoms with Crippen molar-refractivity contribution in [3.05, 3.63) is 21.6 Å². The highest BCUT2D eigenvalue weighted by Crippen LogP contribution is 2.35. The molecule has 0 aliphatic heterocycles. The van der Waals surface area contributed by atoms with Crippen LogP contribution in [0.2, 0.25) is 5.02 Å². The maximum Gasteiger partial charge on any atom is 0.244 e. The average molecular weight is 387 g/mol. The Morgan fingerprint density at radius 2 is 2.10 bits per heavy atom. The van der Waals surface area contributed by atoms with Gasteiger partial charge < -0.3 is 9.84 Å². The Labute approximate surface area is 132 Å². The molecule has 0 aliphatic rings. The number of halogens is 2. The average Bonchev–Trinajstić information content (AvgIpc) is 2.36. The molecule has 8 heteroatoms. The third-order valence-corrected chi connectivity index (χ3v) is 5.09. The summed E-state index contributed by atoms with van der Waals surface area (Å²) in [7, 11) is -2.47. The number of hydrogen-bond donors (Lipinski definition) is 2. The van der Waals surface area contributed by atoms with E-state index in [4.69, 9.17) is 16.3 Å². The zero-order valence-corrected chi connectivity index (χ0v) is 14.6. The van der Waals surface area contributed by atoms with E-state index < -0.39 is 15.6 Å². The second-order valence-electron chi connectivity index (χ2n) is 4.59. The minimum Gasteiger partial charge on any atom is -0.494 e. The summed E-state index contributed by atoms with van der Waals surface area (Å²) in [5, 5.41) is 10.1. The quantitative estimate of drug-likeness (QED) is 0.788. The zero-order valence-electron chi connectivity index (χ0n) is 11.4. The van der Waals surface area contributed by atoms with Gasteiger partial charge in [0.1, 0.15) is 4.90 Å². The fraction of sp³-hybridized carbons (Fsp3) is 0.500. The number of rotatable bonds is 6. The standard InChI is InChI=1S/C12H17BrClNO4S/c1-4-12(2,16)7-15-20(17,18)10-6-8(14)5-9(13)11(10)19-3/h5-6,15-16H,4,7H2,1-3H3. The molecule has 0 amide bonds. The van der Waals surface area contributed by atoms with Crippen LogP contribution in [0.5, 0.6) is 5.75 Å². The van der Waals surface area contributed by atoms with E-state index in [1.54, 1.807) is 19.9 Å². The Morgan fingerprint density at radius 1 is 1.50 bits per heavy atom. The highest BCUT2D eigenvalue weighted by atomic mass is 79.9. The molecule has 0 radical (unpaired) electrons. The van der Waals surface area contributed by atoms with Gasteiger partial charge in [0.2, 0.25) is 10.0 Å². The van der Waals surface area contributed by atoms with Crippen LogP contribution in [0.1, 0.15) is 20.3 Å². The van der Waals surface area contributed by atoms with Gasteiger partial charge in [0, 0.05) is 11.6 Å². The molecule has 2 N–H and O–H groups in total. The van der Waals surface area contributed by atoms with Crippen molar-refractivity contribution in [3.63, 3.8) is 0 Å². The van der Waals surface area contributed by atoms with Crippen LogP contribution in [0.15, 0.2) is 21.5 Å². The molecular formula is C12H17BrClNO4S. The molecule has 1 atom stereocenters. The van der Waals surface area contributed by atoms with Crippen molar-refractivity contribution >= 4 is 37.6 Å². The van der Waals surface area contributed by atoms with Crippen LogP contribution >= 0.6 is 27.5 Å². The molecule has 1 unspecified atom stereocenters. The highest BCUT2D eigenvalue weighted by Gasteiger charge is 2.26. The van der Waals surface area contributed by atoms with Crippen molar-refractivity contribution in [2.45, 2.75) is 30.8 Å². The maximum atomic E-state index is 12.3. The molecule has 0 saturated carbocycles. The molecule has 5 nitrogen and oxygen atoms in total. The monoisotopic (exact) mass is 385 g/mol. The van der Waals surface area contributed by atoms with Crippen LogP contribution in [0, 0.1) is 0 Å². The first kappa shape index (κ1) is 17.7. The lowest BCUT2D eigenvalue weighted by atomic mass is 10.1. The van der Waals surface area contributed by atoms with E-state index in [9.17, 15) is 13.5 Å². The fourth-order valence-electron chi connectivity index (χ4n) is 1.39. The topological polar surface area (TPSA) is 75.6 Å². The number of nitrogens with one attached hydrogen (secondary N) is 1. The van der Waals surface area contributed by atoms with Crippen molar-refractivity contribution in [1.29, 1.82) is 0 Å². The number of ether oxygens (including phenoxy) is 1. The van der Waals surface area contributed by atoms with Gasteiger partial charge in [-0.1, -0.05) is 18.5 Å². The van der Waals surface area contributed by atoms with Crippen molar-refractivity contribution in [2.75, 3.05) is 13.7 Å². The third-order valence-electron chi connectivity index (χ3n) is 2.87. The van der Waals surface area contributed by atoms with Gasteiger partial charge in [0.25, 0.3) is 0 Å². The predicted octanol–water partition coefficient (Wildman–Crippen LogP) is 2.55. The van der Waals surface area contributed by atoms with E-state index in [0.717, 1.165) is 0 Å². The smallest absolute Gasteiger partial charge is 0.244 e. The van der Waals surface area contributed by atoms with E-state index in [-0.39, 0.29) is 22.2 Å². The van der Waals surface area contributed by atoms with Gasteiger partial charge in [0.05, 0.1) is 17.2 Å². The first-order chi connectivity index (χ1) is 9.13. The molecule has 0 heterocycles. The Hall–Kier alpha value is -0.340. The molecule has 0 bridgehead atoms. The molecule has 0 fully saturated rings. The Bertz CT molecular complexity index is 589. The molecule has 114 valence electrons. The molecule has 0 spiro atoms. The summed E-state index contributed by atoms with van der Waals surface area (Å²) in [5.41, 5.74) is -1.11. The van der Waals surface area contributed by atoms with Crippen LogP contribution in [-0.2, 0) is 10.0 Å². The summed E-state index contributed by atoms with van der Waals surface area (Å²) in [4.78, 5) is -0.0775. The minimum absolute atomic E-state index is 0.0775. The van der Waals surface area contributed by atoms with Crippen LogP contribution in [0.25, 0.3) is 0 Å². The number of benzene rings is 1. The number of sulfonamides is 1. The second-order valence-corrected chi connectivity index (χ2v) is 7.62. The normalized spacial score (nSPS) is 14.9. The molecule has 1 aromatic carbocycles. The maximum absolute atomic E-state index is 12.3. The molecule has 0 aromatic heterocycles. The lowest BCUT2D eigenvalue weighted by Crippen LogP contribution is -2.40. The lowest BCUT2D eigenvalue weighted by Gasteiger charge is -2.22. The van der Waals surface area contributed by atoms with Crippen molar-refractivity contribution in [2.24, 2.45) is 0 Å². The van der Waals surface area contributed by atoms with Crippen LogP contribution < -0.4 is 9.46 Å². The lowest BCUT2D eigenvalue weighted by molar-refractivity contribution is 0.0613. The Balaban J connectivity index is 3.16. The first-order valence-electron chi connectivity index (χ1n) is 5.88. The van der Waals surface area contributed by atoms with Gasteiger partial charge in [-0.3, -0.25) is 0 Å². The van der Waals surface area contributed by atoms with Crippen molar-refractivity contribution in [3.8, 4) is 5.75 Å². The summed E-state index contributed by atoms with van der Waals surface area (Å²) in [5.74, 6) is 0.165. The molecule has 0 saturated heterocycles. The minimum atomic E-state index is -3.84. The van der Waals surface area contributed by atoms with Gasteiger partial charge in [-0.05, 0) is 41.4 Å². The predicted molar refractivity (Wildman–Crippen MR) is 81.8 cm³/mol. The second kappa shape index (κ2) is 6.62. The Kier molecular flexibility index (Phi) is 5.86. The summed E-state index contributed by atoms with van der Waals surface area (Å²) < 4.78 is 32.5. The summed E-state index contributed by atoms with van der Waals surface area (Å²) in [6, 6.07) is 2.84. The molecule has 20 heavy (non-hydrogen) atoms. The summed E-state index contributed by atoms with van der Waals surface area (Å²) in [6.45, 7) is 3.23. The van der Waals surface area contributed by atoms with E-state index in [1.807, 2.05) is 0 Å². The highest BCUT2D eigenvalue weighted by molar-refractivity contribution is 9.10. The third kappa shape index (κ3) is 4.33. The van der Waals surface area contributed by atoms with Crippen LogP contribution in [0.4, 0.5) is 0 Å². The van der Waals surface area contributed by atoms with E-state index in [2.05, 4.69) is 20.7 Å². The molecule has 0 aliphatic carbocycles. The fourth-order valence-corrected chi connectivity index (χ4v) is 3.93. The van der Waals surface area contributed by atoms with E-state index >= 15 is 0 Å². The number of hydrogen-bond acceptors (Lipinski definition) is 4. The number of methoxy groups -OCH3 is 1. The van der Waals surface area contributed by atoms with E-state index in [1.165, 1.54) is 13.2 Å². The zero-order chi connectivity index (χ0) is 15.6. The SMILES string of the molecule is CCC(C)(O)CNS(=O)(=O)c1cc(Cl)cc(Br)c1OC. The molecule has 1 rings (SSSR count). The van der Waals surface area contributed by atoms with Crippen molar-refractivity contribution < 1.29 is 18.3 Å². The van der Waals surface area contributed by atoms with Crippen LogP contribution in [-0.4, -0.2) is 32.8 Å². The van der Waals surface area contributed by atoms with Gasteiger partial charge >= 0.3 is 0 Å². The molecule has 1 aromatic rings. The summed E-state index contributed by atoms with van der Waals surface area (Å²) in [6.07, 6.45) is 0.423. The first-order valence-corrected chi connectivity index (χ1v) is 8.53. The van der Waals surface area contributed by atoms with Gasteiger partial charge in [0.15, 0.2) is 5.75 Å². The largest absolute Gasteiger partial charge is 0.494 e. The number of aliphatic hydroxyl groups is 1. The van der Waals surface area contributed by atoms with Gasteiger partial charge in [-0.25, -0.2) is 13.1 Å².